The Kier molecular flexibility index (Phi) is 8.07. The predicted molar refractivity (Wildman–Crippen MR) is 101 cm³/mol. The molecule has 27 heavy (non-hydrogen) atoms. The average molecular weight is 374 g/mol. The number of methoxy groups -OCH3 is 2. The third kappa shape index (κ3) is 5.96. The molecule has 0 bridgehead atoms. The highest BCUT2D eigenvalue weighted by molar-refractivity contribution is 5.97. The van der Waals surface area contributed by atoms with Gasteiger partial charge in [-0.3, -0.25) is 0 Å². The number of nitrogens with two attached hydrogens (primary N) is 1. The molecule has 0 saturated heterocycles. The molecule has 0 aliphatic heterocycles. The number of hydrogen-bond donors (Lipinski definition) is 1. The lowest BCUT2D eigenvalue weighted by Gasteiger charge is -2.06. The summed E-state index contributed by atoms with van der Waals surface area (Å²) >= 11 is 0. The van der Waals surface area contributed by atoms with Crippen LogP contribution in [0.15, 0.2) is 34.7 Å². The zero-order chi connectivity index (χ0) is 19.6. The van der Waals surface area contributed by atoms with Crippen LogP contribution in [0.1, 0.15) is 59.1 Å². The summed E-state index contributed by atoms with van der Waals surface area (Å²) < 4.78 is 15.4. The molecule has 0 fully saturated rings. The number of unbranched alkanes of at least 4 members (excludes halogenated alkanes) is 3. The van der Waals surface area contributed by atoms with E-state index in [-0.39, 0.29) is 11.1 Å². The molecule has 0 saturated carbocycles. The zero-order valence-electron chi connectivity index (χ0n) is 16.2. The number of carbonyl (C=O) groups is 2. The molecule has 0 aliphatic rings. The van der Waals surface area contributed by atoms with E-state index in [1.54, 1.807) is 12.1 Å². The first-order valence-corrected chi connectivity index (χ1v) is 9.31. The Morgan fingerprint density at radius 2 is 1.63 bits per heavy atom. The van der Waals surface area contributed by atoms with Crippen molar-refractivity contribution in [3.05, 3.63) is 47.2 Å². The van der Waals surface area contributed by atoms with Crippen LogP contribution in [0.2, 0.25) is 0 Å². The zero-order valence-corrected chi connectivity index (χ0v) is 16.2. The van der Waals surface area contributed by atoms with E-state index < -0.39 is 11.9 Å². The van der Waals surface area contributed by atoms with E-state index in [2.05, 4.69) is 12.2 Å². The van der Waals surface area contributed by atoms with Gasteiger partial charge in [-0.05, 0) is 43.2 Å². The first kappa shape index (κ1) is 20.7. The molecule has 6 heteroatoms. The molecule has 146 valence electrons. The molecular formula is C21H28NO5+. The van der Waals surface area contributed by atoms with Crippen molar-refractivity contribution in [2.45, 2.75) is 39.2 Å². The van der Waals surface area contributed by atoms with E-state index in [9.17, 15) is 9.59 Å². The summed E-state index contributed by atoms with van der Waals surface area (Å²) in [5.41, 5.74) is 1.18. The molecule has 0 atom stereocenters. The van der Waals surface area contributed by atoms with Gasteiger partial charge in [-0.1, -0.05) is 19.8 Å². The number of furan rings is 1. The van der Waals surface area contributed by atoms with Crippen LogP contribution in [0, 0.1) is 0 Å². The highest BCUT2D eigenvalue weighted by atomic mass is 16.5. The van der Waals surface area contributed by atoms with Crippen molar-refractivity contribution >= 4 is 11.9 Å². The molecular weight excluding hydrogens is 346 g/mol. The molecule has 2 N–H and O–H groups in total. The monoisotopic (exact) mass is 374 g/mol. The minimum Gasteiger partial charge on any atom is -0.465 e. The highest BCUT2D eigenvalue weighted by Crippen LogP contribution is 2.25. The number of esters is 2. The molecule has 0 aliphatic carbocycles. The van der Waals surface area contributed by atoms with Crippen molar-refractivity contribution in [3.8, 4) is 11.3 Å². The summed E-state index contributed by atoms with van der Waals surface area (Å²) in [5, 5.41) is 2.23. The Morgan fingerprint density at radius 3 is 2.22 bits per heavy atom. The lowest BCUT2D eigenvalue weighted by atomic mass is 10.0. The van der Waals surface area contributed by atoms with Crippen LogP contribution in [0.4, 0.5) is 0 Å². The van der Waals surface area contributed by atoms with E-state index in [0.29, 0.717) is 11.3 Å². The number of rotatable bonds is 10. The second-order valence-corrected chi connectivity index (χ2v) is 6.39. The van der Waals surface area contributed by atoms with Gasteiger partial charge < -0.3 is 19.2 Å². The minimum absolute atomic E-state index is 0.274. The Hall–Kier alpha value is -2.60. The summed E-state index contributed by atoms with van der Waals surface area (Å²) in [4.78, 5) is 23.8. The summed E-state index contributed by atoms with van der Waals surface area (Å²) in [7, 11) is 2.60. The average Bonchev–Trinajstić information content (AvgIpc) is 3.18. The van der Waals surface area contributed by atoms with Crippen molar-refractivity contribution < 1.29 is 28.8 Å². The van der Waals surface area contributed by atoms with Crippen molar-refractivity contribution in [1.82, 2.24) is 0 Å². The fourth-order valence-corrected chi connectivity index (χ4v) is 2.84. The van der Waals surface area contributed by atoms with E-state index in [4.69, 9.17) is 13.9 Å². The van der Waals surface area contributed by atoms with Gasteiger partial charge in [0.15, 0.2) is 5.76 Å². The van der Waals surface area contributed by atoms with Gasteiger partial charge in [-0.15, -0.1) is 0 Å². The van der Waals surface area contributed by atoms with Crippen LogP contribution in [0.3, 0.4) is 0 Å². The Bertz CT molecular complexity index is 731. The Labute approximate surface area is 159 Å². The molecule has 0 radical (unpaired) electrons. The maximum atomic E-state index is 11.9. The number of benzene rings is 1. The Morgan fingerprint density at radius 1 is 0.963 bits per heavy atom. The quantitative estimate of drug-likeness (QED) is 0.510. The van der Waals surface area contributed by atoms with E-state index in [1.807, 2.05) is 12.1 Å². The minimum atomic E-state index is -0.519. The molecule has 1 aromatic heterocycles. The van der Waals surface area contributed by atoms with Gasteiger partial charge in [0.25, 0.3) is 0 Å². The van der Waals surface area contributed by atoms with Gasteiger partial charge in [0, 0.05) is 5.56 Å². The van der Waals surface area contributed by atoms with Gasteiger partial charge in [-0.25, -0.2) is 9.59 Å². The lowest BCUT2D eigenvalue weighted by Crippen LogP contribution is -2.82. The molecule has 0 spiro atoms. The van der Waals surface area contributed by atoms with Crippen LogP contribution in [0.5, 0.6) is 0 Å². The largest absolute Gasteiger partial charge is 0.465 e. The summed E-state index contributed by atoms with van der Waals surface area (Å²) in [6, 6.07) is 8.51. The SMILES string of the molecule is CCCCCC[NH2+]Cc1ccc(-c2cc(C(=O)OC)cc(C(=O)OC)c2)o1. The number of carbonyl (C=O) groups excluding carboxylic acids is 2. The van der Waals surface area contributed by atoms with Gasteiger partial charge in [-0.2, -0.15) is 0 Å². The first-order chi connectivity index (χ1) is 13.1. The predicted octanol–water partition coefficient (Wildman–Crippen LogP) is 3.16. The maximum Gasteiger partial charge on any atom is 0.337 e. The maximum absolute atomic E-state index is 11.9. The summed E-state index contributed by atoms with van der Waals surface area (Å²) in [6.45, 7) is 4.03. The standard InChI is InChI=1S/C21H27NO5/c1-4-5-6-7-10-22-14-18-8-9-19(27-18)15-11-16(20(23)25-2)13-17(12-15)21(24)26-3/h8-9,11-13,22H,4-7,10,14H2,1-3H3/p+1. The second-order valence-electron chi connectivity index (χ2n) is 6.39. The van der Waals surface area contributed by atoms with Crippen LogP contribution < -0.4 is 5.32 Å². The number of ether oxygens (including phenoxy) is 2. The van der Waals surface area contributed by atoms with E-state index in [1.165, 1.54) is 46.0 Å². The first-order valence-electron chi connectivity index (χ1n) is 9.31. The Balaban J connectivity index is 2.11. The van der Waals surface area contributed by atoms with Gasteiger partial charge in [0.2, 0.25) is 0 Å². The third-order valence-corrected chi connectivity index (χ3v) is 4.33. The summed E-state index contributed by atoms with van der Waals surface area (Å²) in [5.74, 6) is 0.410. The molecule has 2 rings (SSSR count). The van der Waals surface area contributed by atoms with E-state index >= 15 is 0 Å². The fraction of sp³-hybridized carbons (Fsp3) is 0.429. The second kappa shape index (κ2) is 10.5. The van der Waals surface area contributed by atoms with Crippen molar-refractivity contribution in [1.29, 1.82) is 0 Å². The van der Waals surface area contributed by atoms with Gasteiger partial charge >= 0.3 is 11.9 Å². The van der Waals surface area contributed by atoms with Crippen LogP contribution >= 0.6 is 0 Å². The van der Waals surface area contributed by atoms with Crippen LogP contribution in [-0.4, -0.2) is 32.7 Å². The fourth-order valence-electron chi connectivity index (χ4n) is 2.84. The lowest BCUT2D eigenvalue weighted by molar-refractivity contribution is -0.672. The van der Waals surface area contributed by atoms with Crippen LogP contribution in [-0.2, 0) is 16.0 Å². The number of quaternary nitrogens is 1. The molecule has 6 nitrogen and oxygen atoms in total. The van der Waals surface area contributed by atoms with Gasteiger partial charge in [0.1, 0.15) is 12.3 Å². The van der Waals surface area contributed by atoms with Gasteiger partial charge in [0.05, 0.1) is 31.9 Å². The van der Waals surface area contributed by atoms with Crippen molar-refractivity contribution in [2.24, 2.45) is 0 Å². The third-order valence-electron chi connectivity index (χ3n) is 4.33. The topological polar surface area (TPSA) is 82.3 Å². The molecule has 1 aromatic carbocycles. The van der Waals surface area contributed by atoms with Crippen molar-refractivity contribution in [3.63, 3.8) is 0 Å². The smallest absolute Gasteiger partial charge is 0.337 e. The highest BCUT2D eigenvalue weighted by Gasteiger charge is 2.16. The summed E-state index contributed by atoms with van der Waals surface area (Å²) in [6.07, 6.45) is 4.97. The molecule has 0 amide bonds. The van der Waals surface area contributed by atoms with E-state index in [0.717, 1.165) is 18.8 Å². The molecule has 1 heterocycles. The van der Waals surface area contributed by atoms with Crippen molar-refractivity contribution in [2.75, 3.05) is 20.8 Å². The number of hydrogen-bond acceptors (Lipinski definition) is 5. The normalized spacial score (nSPS) is 10.6. The molecule has 2 aromatic rings. The molecule has 0 unspecified atom stereocenters. The van der Waals surface area contributed by atoms with Crippen LogP contribution in [0.25, 0.3) is 11.3 Å².